The second kappa shape index (κ2) is 4.55. The Kier molecular flexibility index (Phi) is 3.26. The highest BCUT2D eigenvalue weighted by Crippen LogP contribution is 2.45. The number of hydrogen-bond donors (Lipinski definition) is 3. The quantitative estimate of drug-likeness (QED) is 0.678. The number of hydrogen-bond acceptors (Lipinski definition) is 2. The molecule has 0 heterocycles. The van der Waals surface area contributed by atoms with E-state index in [0.717, 1.165) is 0 Å². The largest absolute Gasteiger partial charge is 0.481 e. The summed E-state index contributed by atoms with van der Waals surface area (Å²) >= 11 is 0. The second-order valence-corrected chi connectivity index (χ2v) is 5.39. The van der Waals surface area contributed by atoms with E-state index in [-0.39, 0.29) is 18.6 Å². The first-order valence-corrected chi connectivity index (χ1v) is 6.31. The van der Waals surface area contributed by atoms with Crippen molar-refractivity contribution in [2.45, 2.75) is 45.1 Å². The minimum Gasteiger partial charge on any atom is -0.481 e. The molecule has 0 aromatic heterocycles. The molecule has 2 saturated carbocycles. The van der Waals surface area contributed by atoms with Gasteiger partial charge in [-0.25, -0.2) is 4.79 Å². The van der Waals surface area contributed by atoms with Crippen LogP contribution in [-0.2, 0) is 4.79 Å². The summed E-state index contributed by atoms with van der Waals surface area (Å²) in [6.07, 6.45) is 4.95. The number of carbonyl (C=O) groups is 2. The summed E-state index contributed by atoms with van der Waals surface area (Å²) in [4.78, 5) is 22.5. The first-order chi connectivity index (χ1) is 8.03. The predicted octanol–water partition coefficient (Wildman–Crippen LogP) is 1.34. The van der Waals surface area contributed by atoms with Gasteiger partial charge in [0.15, 0.2) is 0 Å². The molecule has 96 valence electrons. The zero-order chi connectivity index (χ0) is 12.5. The van der Waals surface area contributed by atoms with E-state index in [1.165, 1.54) is 19.3 Å². The van der Waals surface area contributed by atoms with Gasteiger partial charge in [0.1, 0.15) is 0 Å². The van der Waals surface area contributed by atoms with Crippen molar-refractivity contribution in [2.24, 2.45) is 11.3 Å². The van der Waals surface area contributed by atoms with Gasteiger partial charge in [0.25, 0.3) is 0 Å². The molecule has 3 N–H and O–H groups in total. The predicted molar refractivity (Wildman–Crippen MR) is 62.6 cm³/mol. The van der Waals surface area contributed by atoms with Crippen LogP contribution in [0, 0.1) is 11.3 Å². The fourth-order valence-electron chi connectivity index (χ4n) is 2.18. The fraction of sp³-hybridized carbons (Fsp3) is 0.833. The highest BCUT2D eigenvalue weighted by atomic mass is 16.4. The zero-order valence-electron chi connectivity index (χ0n) is 10.2. The van der Waals surface area contributed by atoms with E-state index >= 15 is 0 Å². The molecule has 2 amide bonds. The van der Waals surface area contributed by atoms with Crippen molar-refractivity contribution in [1.29, 1.82) is 0 Å². The van der Waals surface area contributed by atoms with Crippen LogP contribution < -0.4 is 10.6 Å². The Morgan fingerprint density at radius 3 is 2.47 bits per heavy atom. The van der Waals surface area contributed by atoms with Gasteiger partial charge in [-0.3, -0.25) is 4.79 Å². The minimum absolute atomic E-state index is 0.184. The van der Waals surface area contributed by atoms with Crippen molar-refractivity contribution in [3.63, 3.8) is 0 Å². The van der Waals surface area contributed by atoms with Crippen molar-refractivity contribution in [3.05, 3.63) is 0 Å². The normalized spacial score (nSPS) is 23.4. The molecule has 0 aliphatic heterocycles. The maximum absolute atomic E-state index is 11.6. The van der Waals surface area contributed by atoms with Crippen LogP contribution in [0.5, 0.6) is 0 Å². The Morgan fingerprint density at radius 2 is 2.06 bits per heavy atom. The van der Waals surface area contributed by atoms with E-state index in [2.05, 4.69) is 10.6 Å². The molecule has 0 radical (unpaired) electrons. The molecule has 17 heavy (non-hydrogen) atoms. The molecule has 1 atom stereocenters. The van der Waals surface area contributed by atoms with Crippen LogP contribution in [0.1, 0.15) is 39.0 Å². The molecule has 2 aliphatic carbocycles. The van der Waals surface area contributed by atoms with Gasteiger partial charge in [-0.1, -0.05) is 6.42 Å². The summed E-state index contributed by atoms with van der Waals surface area (Å²) in [6, 6.07) is -0.0549. The molecule has 1 unspecified atom stereocenters. The summed E-state index contributed by atoms with van der Waals surface area (Å²) in [5, 5.41) is 14.5. The number of rotatable bonds is 5. The number of carbonyl (C=O) groups excluding carboxylic acids is 1. The van der Waals surface area contributed by atoms with E-state index in [9.17, 15) is 9.59 Å². The van der Waals surface area contributed by atoms with Crippen molar-refractivity contribution < 1.29 is 14.7 Å². The molecule has 5 nitrogen and oxygen atoms in total. The molecule has 0 aromatic carbocycles. The van der Waals surface area contributed by atoms with Gasteiger partial charge in [0, 0.05) is 12.6 Å². The minimum atomic E-state index is -0.801. The number of urea groups is 1. The molecule has 2 aliphatic rings. The number of aliphatic carboxylic acids is 1. The molecule has 2 rings (SSSR count). The van der Waals surface area contributed by atoms with E-state index in [4.69, 9.17) is 5.11 Å². The summed E-state index contributed by atoms with van der Waals surface area (Å²) in [7, 11) is 0. The molecule has 0 spiro atoms. The Morgan fingerprint density at radius 1 is 1.41 bits per heavy atom. The summed E-state index contributed by atoms with van der Waals surface area (Å²) in [5.41, 5.74) is -0.683. The van der Waals surface area contributed by atoms with Gasteiger partial charge in [-0.05, 0) is 38.5 Å². The van der Waals surface area contributed by atoms with E-state index in [1.54, 1.807) is 0 Å². The van der Waals surface area contributed by atoms with E-state index in [1.807, 2.05) is 6.92 Å². The molecular weight excluding hydrogens is 220 g/mol. The van der Waals surface area contributed by atoms with Crippen molar-refractivity contribution in [1.82, 2.24) is 10.6 Å². The first kappa shape index (κ1) is 12.2. The highest BCUT2D eigenvalue weighted by Gasteiger charge is 2.50. The van der Waals surface area contributed by atoms with Crippen LogP contribution in [0.25, 0.3) is 0 Å². The van der Waals surface area contributed by atoms with Crippen LogP contribution in [0.2, 0.25) is 0 Å². The number of amides is 2. The van der Waals surface area contributed by atoms with Crippen LogP contribution >= 0.6 is 0 Å². The highest BCUT2D eigenvalue weighted by molar-refractivity contribution is 5.80. The summed E-state index contributed by atoms with van der Waals surface area (Å²) in [6.45, 7) is 2.25. The third kappa shape index (κ3) is 2.70. The monoisotopic (exact) mass is 240 g/mol. The molecular formula is C12H20N2O3. The molecule has 2 fully saturated rings. The van der Waals surface area contributed by atoms with Crippen molar-refractivity contribution in [2.75, 3.05) is 6.54 Å². The van der Waals surface area contributed by atoms with Gasteiger partial charge in [0.05, 0.1) is 5.41 Å². The second-order valence-electron chi connectivity index (χ2n) is 5.39. The van der Waals surface area contributed by atoms with Gasteiger partial charge in [-0.15, -0.1) is 0 Å². The Hall–Kier alpha value is -1.26. The molecule has 0 saturated heterocycles. The summed E-state index contributed by atoms with van der Waals surface area (Å²) < 4.78 is 0. The average molecular weight is 240 g/mol. The third-order valence-electron chi connectivity index (χ3n) is 4.11. The average Bonchev–Trinajstić information content (AvgIpc) is 2.92. The number of carboxylic acids is 1. The third-order valence-corrected chi connectivity index (χ3v) is 4.11. The zero-order valence-corrected chi connectivity index (χ0v) is 10.2. The Balaban J connectivity index is 1.69. The molecule has 5 heteroatoms. The topological polar surface area (TPSA) is 78.4 Å². The number of carboxylic acid groups (broad SMARTS) is 1. The van der Waals surface area contributed by atoms with Gasteiger partial charge in [-0.2, -0.15) is 0 Å². The van der Waals surface area contributed by atoms with Crippen LogP contribution in [0.4, 0.5) is 4.79 Å². The SMILES string of the molecule is CC(NC(=O)NCC1(C(=O)O)CC1)C1CCC1. The molecule has 0 bridgehead atoms. The van der Waals surface area contributed by atoms with Crippen molar-refractivity contribution in [3.8, 4) is 0 Å². The Bertz CT molecular complexity index is 322. The molecule has 0 aromatic rings. The van der Waals surface area contributed by atoms with Gasteiger partial charge >= 0.3 is 12.0 Å². The summed E-state index contributed by atoms with van der Waals surface area (Å²) in [5.74, 6) is -0.208. The lowest BCUT2D eigenvalue weighted by Crippen LogP contribution is -2.47. The smallest absolute Gasteiger partial charge is 0.315 e. The van der Waals surface area contributed by atoms with Crippen LogP contribution in [-0.4, -0.2) is 29.7 Å². The van der Waals surface area contributed by atoms with Crippen LogP contribution in [0.15, 0.2) is 0 Å². The lowest BCUT2D eigenvalue weighted by atomic mass is 9.80. The lowest BCUT2D eigenvalue weighted by molar-refractivity contribution is -0.143. The fourth-order valence-corrected chi connectivity index (χ4v) is 2.18. The maximum Gasteiger partial charge on any atom is 0.315 e. The number of nitrogens with one attached hydrogen (secondary N) is 2. The first-order valence-electron chi connectivity index (χ1n) is 6.31. The standard InChI is InChI=1S/C12H20N2O3/c1-8(9-3-2-4-9)14-11(17)13-7-12(5-6-12)10(15)16/h8-9H,2-7H2,1H3,(H,15,16)(H2,13,14,17). The van der Waals surface area contributed by atoms with Gasteiger partial charge < -0.3 is 15.7 Å². The Labute approximate surface area is 101 Å². The maximum atomic E-state index is 11.6. The lowest BCUT2D eigenvalue weighted by Gasteiger charge is -2.31. The van der Waals surface area contributed by atoms with Crippen LogP contribution in [0.3, 0.4) is 0 Å². The van der Waals surface area contributed by atoms with Crippen molar-refractivity contribution >= 4 is 12.0 Å². The van der Waals surface area contributed by atoms with E-state index < -0.39 is 11.4 Å². The van der Waals surface area contributed by atoms with E-state index in [0.29, 0.717) is 18.8 Å². The van der Waals surface area contributed by atoms with Gasteiger partial charge in [0.2, 0.25) is 0 Å².